The van der Waals surface area contributed by atoms with Crippen LogP contribution in [-0.4, -0.2) is 45.7 Å². The molecule has 0 aliphatic rings. The van der Waals surface area contributed by atoms with Crippen LogP contribution in [0.5, 0.6) is 11.5 Å². The van der Waals surface area contributed by atoms with Crippen LogP contribution in [-0.2, 0) is 6.61 Å². The summed E-state index contributed by atoms with van der Waals surface area (Å²) in [6, 6.07) is 11.8. The fourth-order valence-corrected chi connectivity index (χ4v) is 2.83. The molecule has 0 aliphatic carbocycles. The van der Waals surface area contributed by atoms with Gasteiger partial charge in [-0.25, -0.2) is 4.68 Å². The van der Waals surface area contributed by atoms with E-state index in [4.69, 9.17) is 21.1 Å². The van der Waals surface area contributed by atoms with E-state index in [2.05, 4.69) is 10.4 Å². The number of methoxy groups -OCH3 is 1. The lowest BCUT2D eigenvalue weighted by atomic mass is 10.2. The van der Waals surface area contributed by atoms with Crippen molar-refractivity contribution in [1.82, 2.24) is 9.78 Å². The Hall–Kier alpha value is -3.07. The maximum Gasteiger partial charge on any atom is 0.276 e. The van der Waals surface area contributed by atoms with Crippen LogP contribution in [0.4, 0.5) is 5.69 Å². The van der Waals surface area contributed by atoms with Crippen LogP contribution in [0.1, 0.15) is 23.0 Å². The maximum atomic E-state index is 12.8. The molecule has 9 heteroatoms. The largest absolute Gasteiger partial charge is 0.493 e. The number of aromatic nitrogens is 2. The normalized spacial score (nSPS) is 11.8. The molecule has 0 bridgehead atoms. The van der Waals surface area contributed by atoms with Crippen LogP contribution in [0.3, 0.4) is 0 Å². The van der Waals surface area contributed by atoms with Gasteiger partial charge in [0.15, 0.2) is 17.2 Å². The monoisotopic (exact) mass is 431 g/mol. The number of halogens is 1. The van der Waals surface area contributed by atoms with Crippen molar-refractivity contribution in [2.24, 2.45) is 0 Å². The number of nitrogens with one attached hydrogen (secondary N) is 1. The van der Waals surface area contributed by atoms with Crippen molar-refractivity contribution in [2.75, 3.05) is 19.0 Å². The third kappa shape index (κ3) is 5.10. The summed E-state index contributed by atoms with van der Waals surface area (Å²) < 4.78 is 12.3. The molecule has 3 N–H and O–H groups in total. The SMILES string of the molecule is COc1cc(NC(=O)c2nn(-c3ccc(Cl)cc3)cc2CO)ccc1OCC(C)O. The Morgan fingerprint density at radius 1 is 1.23 bits per heavy atom. The second kappa shape index (κ2) is 9.62. The lowest BCUT2D eigenvalue weighted by molar-refractivity contribution is 0.101. The minimum Gasteiger partial charge on any atom is -0.493 e. The molecule has 1 atom stereocenters. The molecule has 3 aromatic rings. The van der Waals surface area contributed by atoms with Gasteiger partial charge >= 0.3 is 0 Å². The quantitative estimate of drug-likeness (QED) is 0.506. The summed E-state index contributed by atoms with van der Waals surface area (Å²) in [6.45, 7) is 1.39. The minimum absolute atomic E-state index is 0.0980. The number of aliphatic hydroxyl groups excluding tert-OH is 2. The lowest BCUT2D eigenvalue weighted by Gasteiger charge is -2.13. The summed E-state index contributed by atoms with van der Waals surface area (Å²) in [5, 5.41) is 26.6. The van der Waals surface area contributed by atoms with E-state index in [0.29, 0.717) is 33.5 Å². The molecule has 3 rings (SSSR count). The number of carbonyl (C=O) groups excluding carboxylic acids is 1. The van der Waals surface area contributed by atoms with E-state index in [0.717, 1.165) is 0 Å². The molecular weight excluding hydrogens is 410 g/mol. The summed E-state index contributed by atoms with van der Waals surface area (Å²) in [5.74, 6) is 0.369. The van der Waals surface area contributed by atoms with Gasteiger partial charge in [-0.1, -0.05) is 11.6 Å². The first-order chi connectivity index (χ1) is 14.4. The predicted octanol–water partition coefficient (Wildman–Crippen LogP) is 3.04. The van der Waals surface area contributed by atoms with Gasteiger partial charge in [-0.05, 0) is 43.3 Å². The molecule has 1 aromatic heterocycles. The van der Waals surface area contributed by atoms with Gasteiger partial charge in [0.05, 0.1) is 25.5 Å². The van der Waals surface area contributed by atoms with E-state index in [1.165, 1.54) is 11.8 Å². The fourth-order valence-electron chi connectivity index (χ4n) is 2.71. The lowest BCUT2D eigenvalue weighted by Crippen LogP contribution is -2.15. The van der Waals surface area contributed by atoms with Gasteiger partial charge in [0.25, 0.3) is 5.91 Å². The predicted molar refractivity (Wildman–Crippen MR) is 113 cm³/mol. The molecule has 0 aliphatic heterocycles. The van der Waals surface area contributed by atoms with Crippen molar-refractivity contribution in [3.8, 4) is 17.2 Å². The van der Waals surface area contributed by atoms with Crippen molar-refractivity contribution >= 4 is 23.2 Å². The Morgan fingerprint density at radius 3 is 2.60 bits per heavy atom. The molecule has 0 fully saturated rings. The van der Waals surface area contributed by atoms with Gasteiger partial charge in [-0.3, -0.25) is 4.79 Å². The fraction of sp³-hybridized carbons (Fsp3) is 0.238. The number of ether oxygens (including phenoxy) is 2. The molecule has 30 heavy (non-hydrogen) atoms. The van der Waals surface area contributed by atoms with Crippen molar-refractivity contribution < 1.29 is 24.5 Å². The molecule has 1 amide bonds. The maximum absolute atomic E-state index is 12.8. The Kier molecular flexibility index (Phi) is 6.94. The van der Waals surface area contributed by atoms with Gasteiger partial charge in [0, 0.05) is 28.5 Å². The minimum atomic E-state index is -0.623. The van der Waals surface area contributed by atoms with E-state index in [9.17, 15) is 15.0 Å². The molecule has 8 nitrogen and oxygen atoms in total. The van der Waals surface area contributed by atoms with E-state index >= 15 is 0 Å². The molecule has 1 heterocycles. The summed E-state index contributed by atoms with van der Waals surface area (Å²) >= 11 is 5.91. The number of hydrogen-bond donors (Lipinski definition) is 3. The highest BCUT2D eigenvalue weighted by atomic mass is 35.5. The van der Waals surface area contributed by atoms with Crippen molar-refractivity contribution in [2.45, 2.75) is 19.6 Å². The first-order valence-electron chi connectivity index (χ1n) is 9.17. The van der Waals surface area contributed by atoms with Gasteiger partial charge in [0.2, 0.25) is 0 Å². The molecule has 1 unspecified atom stereocenters. The van der Waals surface area contributed by atoms with Crippen molar-refractivity contribution in [1.29, 1.82) is 0 Å². The molecule has 0 radical (unpaired) electrons. The Balaban J connectivity index is 1.81. The smallest absolute Gasteiger partial charge is 0.276 e. The van der Waals surface area contributed by atoms with Crippen LogP contribution >= 0.6 is 11.6 Å². The summed E-state index contributed by atoms with van der Waals surface area (Å²) in [5.41, 5.74) is 1.65. The number of carbonyl (C=O) groups is 1. The third-order valence-corrected chi connectivity index (χ3v) is 4.42. The average Bonchev–Trinajstić information content (AvgIpc) is 3.17. The standard InChI is InChI=1S/C21H22ClN3O5/c1-13(27)12-30-18-8-5-16(9-19(18)29-2)23-21(28)20-14(11-26)10-25(24-20)17-6-3-15(22)4-7-17/h3-10,13,26-27H,11-12H2,1-2H3,(H,23,28). The summed E-state index contributed by atoms with van der Waals surface area (Å²) in [6.07, 6.45) is 0.966. The number of amides is 1. The van der Waals surface area contributed by atoms with E-state index in [1.807, 2.05) is 0 Å². The third-order valence-electron chi connectivity index (χ3n) is 4.17. The molecular formula is C21H22ClN3O5. The number of anilines is 1. The van der Waals surface area contributed by atoms with E-state index in [-0.39, 0.29) is 18.9 Å². The van der Waals surface area contributed by atoms with Gasteiger partial charge in [-0.2, -0.15) is 5.10 Å². The number of rotatable bonds is 8. The first-order valence-corrected chi connectivity index (χ1v) is 9.54. The number of benzene rings is 2. The van der Waals surface area contributed by atoms with Crippen LogP contribution < -0.4 is 14.8 Å². The van der Waals surface area contributed by atoms with Crippen LogP contribution in [0.25, 0.3) is 5.69 Å². The highest BCUT2D eigenvalue weighted by molar-refractivity contribution is 6.30. The Bertz CT molecular complexity index is 1020. The summed E-state index contributed by atoms with van der Waals surface area (Å²) in [7, 11) is 1.48. The molecule has 0 spiro atoms. The number of hydrogen-bond acceptors (Lipinski definition) is 6. The molecule has 0 saturated heterocycles. The van der Waals surface area contributed by atoms with Crippen LogP contribution in [0, 0.1) is 0 Å². The average molecular weight is 432 g/mol. The molecule has 0 saturated carbocycles. The topological polar surface area (TPSA) is 106 Å². The Morgan fingerprint density at radius 2 is 1.97 bits per heavy atom. The highest BCUT2D eigenvalue weighted by Gasteiger charge is 2.18. The second-order valence-electron chi connectivity index (χ2n) is 6.56. The first kappa shape index (κ1) is 21.6. The molecule has 2 aromatic carbocycles. The zero-order valence-electron chi connectivity index (χ0n) is 16.5. The molecule has 158 valence electrons. The summed E-state index contributed by atoms with van der Waals surface area (Å²) in [4.78, 5) is 12.8. The van der Waals surface area contributed by atoms with Gasteiger partial charge in [-0.15, -0.1) is 0 Å². The van der Waals surface area contributed by atoms with Crippen molar-refractivity contribution in [3.63, 3.8) is 0 Å². The van der Waals surface area contributed by atoms with Gasteiger partial charge in [0.1, 0.15) is 6.61 Å². The number of aliphatic hydroxyl groups is 2. The van der Waals surface area contributed by atoms with E-state index < -0.39 is 12.0 Å². The zero-order chi connectivity index (χ0) is 21.7. The van der Waals surface area contributed by atoms with Crippen LogP contribution in [0.15, 0.2) is 48.7 Å². The van der Waals surface area contributed by atoms with Gasteiger partial charge < -0.3 is 25.0 Å². The van der Waals surface area contributed by atoms with E-state index in [1.54, 1.807) is 55.6 Å². The number of nitrogens with zero attached hydrogens (tertiary/aromatic N) is 2. The zero-order valence-corrected chi connectivity index (χ0v) is 17.3. The Labute approximate surface area is 178 Å². The second-order valence-corrected chi connectivity index (χ2v) is 7.00. The van der Waals surface area contributed by atoms with Crippen molar-refractivity contribution in [3.05, 3.63) is 64.9 Å². The van der Waals surface area contributed by atoms with Crippen LogP contribution in [0.2, 0.25) is 5.02 Å². The highest BCUT2D eigenvalue weighted by Crippen LogP contribution is 2.30.